The summed E-state index contributed by atoms with van der Waals surface area (Å²) in [6, 6.07) is 0. The SMILES string of the molecule is C=C[C@@H]1CNCC[C@@H]1C(C)=O. The maximum atomic E-state index is 11.1. The van der Waals surface area contributed by atoms with Gasteiger partial charge in [0.25, 0.3) is 0 Å². The van der Waals surface area contributed by atoms with Crippen molar-refractivity contribution in [2.75, 3.05) is 13.1 Å². The fourth-order valence-electron chi connectivity index (χ4n) is 1.63. The van der Waals surface area contributed by atoms with Gasteiger partial charge < -0.3 is 5.32 Å². The van der Waals surface area contributed by atoms with Gasteiger partial charge in [-0.2, -0.15) is 0 Å². The van der Waals surface area contributed by atoms with E-state index in [0.29, 0.717) is 11.7 Å². The van der Waals surface area contributed by atoms with E-state index in [9.17, 15) is 4.79 Å². The number of carbonyl (C=O) groups is 1. The van der Waals surface area contributed by atoms with Crippen LogP contribution in [0.3, 0.4) is 0 Å². The molecule has 0 aromatic rings. The van der Waals surface area contributed by atoms with E-state index in [1.54, 1.807) is 6.92 Å². The summed E-state index contributed by atoms with van der Waals surface area (Å²) >= 11 is 0. The van der Waals surface area contributed by atoms with Crippen LogP contribution < -0.4 is 5.32 Å². The van der Waals surface area contributed by atoms with E-state index in [2.05, 4.69) is 11.9 Å². The molecule has 1 aliphatic heterocycles. The highest BCUT2D eigenvalue weighted by atomic mass is 16.1. The standard InChI is InChI=1S/C9H15NO/c1-3-8-6-10-5-4-9(8)7(2)11/h3,8-10H,1,4-6H2,2H3/t8-,9-/m1/s1. The highest BCUT2D eigenvalue weighted by Gasteiger charge is 2.25. The summed E-state index contributed by atoms with van der Waals surface area (Å²) in [5.74, 6) is 0.867. The Morgan fingerprint density at radius 3 is 2.91 bits per heavy atom. The molecule has 1 aliphatic rings. The number of Topliss-reactive ketones (excluding diaryl/α,β-unsaturated/α-hetero) is 1. The third-order valence-electron chi connectivity index (χ3n) is 2.35. The molecular formula is C9H15NO. The number of hydrogen-bond acceptors (Lipinski definition) is 2. The molecule has 0 amide bonds. The van der Waals surface area contributed by atoms with Crippen molar-refractivity contribution < 1.29 is 4.79 Å². The highest BCUT2D eigenvalue weighted by Crippen LogP contribution is 2.20. The molecule has 1 fully saturated rings. The van der Waals surface area contributed by atoms with Crippen LogP contribution >= 0.6 is 0 Å². The molecular weight excluding hydrogens is 138 g/mol. The molecule has 0 radical (unpaired) electrons. The molecule has 0 bridgehead atoms. The van der Waals surface area contributed by atoms with E-state index in [1.807, 2.05) is 6.08 Å². The molecule has 11 heavy (non-hydrogen) atoms. The van der Waals surface area contributed by atoms with Crippen LogP contribution in [0.4, 0.5) is 0 Å². The molecule has 0 saturated carbocycles. The third-order valence-corrected chi connectivity index (χ3v) is 2.35. The lowest BCUT2D eigenvalue weighted by molar-refractivity contribution is -0.122. The molecule has 1 N–H and O–H groups in total. The number of hydrogen-bond donors (Lipinski definition) is 1. The summed E-state index contributed by atoms with van der Waals surface area (Å²) in [7, 11) is 0. The van der Waals surface area contributed by atoms with Crippen LogP contribution in [0.2, 0.25) is 0 Å². The molecule has 1 heterocycles. The van der Waals surface area contributed by atoms with Gasteiger partial charge >= 0.3 is 0 Å². The first-order valence-electron chi connectivity index (χ1n) is 4.09. The average molecular weight is 153 g/mol. The largest absolute Gasteiger partial charge is 0.316 e. The molecule has 2 atom stereocenters. The maximum absolute atomic E-state index is 11.1. The summed E-state index contributed by atoms with van der Waals surface area (Å²) in [5.41, 5.74) is 0. The van der Waals surface area contributed by atoms with Gasteiger partial charge in [-0.05, 0) is 25.8 Å². The van der Waals surface area contributed by atoms with Crippen molar-refractivity contribution in [3.63, 3.8) is 0 Å². The molecule has 2 nitrogen and oxygen atoms in total. The minimum Gasteiger partial charge on any atom is -0.316 e. The van der Waals surface area contributed by atoms with Crippen LogP contribution in [-0.4, -0.2) is 18.9 Å². The van der Waals surface area contributed by atoms with Gasteiger partial charge in [-0.15, -0.1) is 6.58 Å². The molecule has 0 unspecified atom stereocenters. The first-order chi connectivity index (χ1) is 5.25. The van der Waals surface area contributed by atoms with Crippen molar-refractivity contribution in [2.45, 2.75) is 13.3 Å². The molecule has 0 spiro atoms. The van der Waals surface area contributed by atoms with E-state index in [0.717, 1.165) is 19.5 Å². The van der Waals surface area contributed by atoms with E-state index >= 15 is 0 Å². The average Bonchev–Trinajstić information content (AvgIpc) is 2.04. The van der Waals surface area contributed by atoms with Crippen LogP contribution in [0.1, 0.15) is 13.3 Å². The molecule has 0 aromatic carbocycles. The number of carbonyl (C=O) groups excluding carboxylic acids is 1. The van der Waals surface area contributed by atoms with E-state index in [1.165, 1.54) is 0 Å². The second kappa shape index (κ2) is 3.67. The second-order valence-corrected chi connectivity index (χ2v) is 3.11. The topological polar surface area (TPSA) is 29.1 Å². The first kappa shape index (κ1) is 8.47. The minimum atomic E-state index is 0.216. The lowest BCUT2D eigenvalue weighted by Crippen LogP contribution is -2.38. The zero-order chi connectivity index (χ0) is 8.27. The van der Waals surface area contributed by atoms with Crippen molar-refractivity contribution in [3.05, 3.63) is 12.7 Å². The summed E-state index contributed by atoms with van der Waals surface area (Å²) in [6.07, 6.45) is 2.85. The number of ketones is 1. The Bertz CT molecular complexity index is 165. The number of nitrogens with one attached hydrogen (secondary N) is 1. The minimum absolute atomic E-state index is 0.216. The lowest BCUT2D eigenvalue weighted by atomic mass is 9.84. The van der Waals surface area contributed by atoms with Crippen molar-refractivity contribution in [3.8, 4) is 0 Å². The Balaban J connectivity index is 2.58. The molecule has 0 aliphatic carbocycles. The maximum Gasteiger partial charge on any atom is 0.133 e. The van der Waals surface area contributed by atoms with Crippen molar-refractivity contribution >= 4 is 5.78 Å². The van der Waals surface area contributed by atoms with Gasteiger partial charge in [0.05, 0.1) is 0 Å². The van der Waals surface area contributed by atoms with Crippen LogP contribution in [0.15, 0.2) is 12.7 Å². The zero-order valence-corrected chi connectivity index (χ0v) is 6.97. The summed E-state index contributed by atoms with van der Waals surface area (Å²) in [6.45, 7) is 7.28. The Hall–Kier alpha value is -0.630. The fourth-order valence-corrected chi connectivity index (χ4v) is 1.63. The van der Waals surface area contributed by atoms with Crippen LogP contribution in [0, 0.1) is 11.8 Å². The van der Waals surface area contributed by atoms with Gasteiger partial charge in [-0.3, -0.25) is 4.79 Å². The van der Waals surface area contributed by atoms with Gasteiger partial charge in [0.15, 0.2) is 0 Å². The Labute approximate surface area is 67.7 Å². The summed E-state index contributed by atoms with van der Waals surface area (Å²) < 4.78 is 0. The normalized spacial score (nSPS) is 31.4. The highest BCUT2D eigenvalue weighted by molar-refractivity contribution is 5.79. The second-order valence-electron chi connectivity index (χ2n) is 3.11. The number of piperidine rings is 1. The van der Waals surface area contributed by atoms with Crippen LogP contribution in [0.5, 0.6) is 0 Å². The summed E-state index contributed by atoms with van der Waals surface area (Å²) in [4.78, 5) is 11.1. The predicted octanol–water partition coefficient (Wildman–Crippen LogP) is 0.987. The van der Waals surface area contributed by atoms with E-state index < -0.39 is 0 Å². The fraction of sp³-hybridized carbons (Fsp3) is 0.667. The molecule has 2 heteroatoms. The van der Waals surface area contributed by atoms with Crippen LogP contribution in [0.25, 0.3) is 0 Å². The van der Waals surface area contributed by atoms with Gasteiger partial charge in [-0.1, -0.05) is 6.08 Å². The quantitative estimate of drug-likeness (QED) is 0.599. The van der Waals surface area contributed by atoms with Gasteiger partial charge in [0.2, 0.25) is 0 Å². The van der Waals surface area contributed by atoms with Gasteiger partial charge in [-0.25, -0.2) is 0 Å². The Morgan fingerprint density at radius 2 is 2.45 bits per heavy atom. The molecule has 1 saturated heterocycles. The molecule has 1 rings (SSSR count). The van der Waals surface area contributed by atoms with E-state index in [4.69, 9.17) is 0 Å². The molecule has 0 aromatic heterocycles. The van der Waals surface area contributed by atoms with Crippen molar-refractivity contribution in [1.29, 1.82) is 0 Å². The Kier molecular flexibility index (Phi) is 2.83. The summed E-state index contributed by atoms with van der Waals surface area (Å²) in [5, 5.41) is 3.25. The smallest absolute Gasteiger partial charge is 0.133 e. The predicted molar refractivity (Wildman–Crippen MR) is 45.3 cm³/mol. The Morgan fingerprint density at radius 1 is 1.73 bits per heavy atom. The zero-order valence-electron chi connectivity index (χ0n) is 6.97. The lowest BCUT2D eigenvalue weighted by Gasteiger charge is -2.27. The number of rotatable bonds is 2. The van der Waals surface area contributed by atoms with Crippen molar-refractivity contribution in [2.24, 2.45) is 11.8 Å². The van der Waals surface area contributed by atoms with Crippen LogP contribution in [-0.2, 0) is 4.79 Å². The monoisotopic (exact) mass is 153 g/mol. The van der Waals surface area contributed by atoms with E-state index in [-0.39, 0.29) is 5.92 Å². The first-order valence-corrected chi connectivity index (χ1v) is 4.09. The van der Waals surface area contributed by atoms with Crippen molar-refractivity contribution in [1.82, 2.24) is 5.32 Å². The van der Waals surface area contributed by atoms with Gasteiger partial charge in [0, 0.05) is 12.5 Å². The van der Waals surface area contributed by atoms with Gasteiger partial charge in [0.1, 0.15) is 5.78 Å². The molecule has 62 valence electrons. The third kappa shape index (κ3) is 1.90.